The van der Waals surface area contributed by atoms with Crippen molar-refractivity contribution in [2.24, 2.45) is 0 Å². The number of alkyl halides is 3. The van der Waals surface area contributed by atoms with Crippen LogP contribution in [-0.2, 0) is 9.53 Å². The molecule has 0 aliphatic heterocycles. The van der Waals surface area contributed by atoms with Crippen LogP contribution in [0.25, 0.3) is 11.5 Å². The number of carbonyl (C=O) groups is 2. The quantitative estimate of drug-likeness (QED) is 0.214. The van der Waals surface area contributed by atoms with E-state index in [-0.39, 0.29) is 28.7 Å². The molecule has 0 aliphatic rings. The molecule has 13 heteroatoms. The first kappa shape index (κ1) is 24.1. The van der Waals surface area contributed by atoms with Gasteiger partial charge in [-0.25, -0.2) is 4.79 Å². The van der Waals surface area contributed by atoms with Gasteiger partial charge in [-0.2, -0.15) is 13.2 Å². The predicted molar refractivity (Wildman–Crippen MR) is 110 cm³/mol. The number of nitro benzene ring substituents is 1. The zero-order valence-corrected chi connectivity index (χ0v) is 17.3. The van der Waals surface area contributed by atoms with Gasteiger partial charge in [0, 0.05) is 30.0 Å². The highest BCUT2D eigenvalue weighted by molar-refractivity contribution is 5.97. The van der Waals surface area contributed by atoms with E-state index in [0.717, 1.165) is 6.20 Å². The molecule has 0 saturated carbocycles. The molecule has 0 amide bonds. The molecule has 1 unspecified atom stereocenters. The van der Waals surface area contributed by atoms with Crippen LogP contribution in [0.5, 0.6) is 0 Å². The fourth-order valence-electron chi connectivity index (χ4n) is 2.60. The molecule has 0 spiro atoms. The summed E-state index contributed by atoms with van der Waals surface area (Å²) in [5, 5.41) is 20.8. The van der Waals surface area contributed by atoms with Crippen molar-refractivity contribution in [3.05, 3.63) is 82.4 Å². The average molecular weight is 476 g/mol. The molecule has 1 N–H and O–H groups in total. The van der Waals surface area contributed by atoms with E-state index >= 15 is 0 Å². The number of hydrogen-bond donors (Lipinski definition) is 1. The molecule has 2 aromatic carbocycles. The molecule has 0 aliphatic carbocycles. The summed E-state index contributed by atoms with van der Waals surface area (Å²) >= 11 is 0. The first-order valence-electron chi connectivity index (χ1n) is 9.48. The van der Waals surface area contributed by atoms with Crippen LogP contribution in [0.15, 0.2) is 65.2 Å². The van der Waals surface area contributed by atoms with Gasteiger partial charge in [-0.1, -0.05) is 12.1 Å². The lowest BCUT2D eigenvalue weighted by molar-refractivity contribution is -0.384. The molecule has 1 heterocycles. The Morgan fingerprint density at radius 2 is 1.82 bits per heavy atom. The number of aromatic nitrogens is 2. The van der Waals surface area contributed by atoms with Gasteiger partial charge < -0.3 is 14.5 Å². The summed E-state index contributed by atoms with van der Waals surface area (Å²) in [6.07, 6.45) is -4.95. The third kappa shape index (κ3) is 5.82. The Hall–Kier alpha value is -4.55. The number of allylic oxidation sites excluding steroid dienone is 1. The second-order valence-corrected chi connectivity index (χ2v) is 6.68. The molecule has 0 radical (unpaired) electrons. The molecule has 10 nitrogen and oxygen atoms in total. The Morgan fingerprint density at radius 1 is 1.15 bits per heavy atom. The van der Waals surface area contributed by atoms with Crippen LogP contribution in [0.3, 0.4) is 0 Å². The van der Waals surface area contributed by atoms with Crippen molar-refractivity contribution in [3.8, 4) is 11.5 Å². The van der Waals surface area contributed by atoms with E-state index in [9.17, 15) is 32.9 Å². The Balaban J connectivity index is 1.69. The second kappa shape index (κ2) is 9.94. The van der Waals surface area contributed by atoms with E-state index in [1.807, 2.05) is 0 Å². The van der Waals surface area contributed by atoms with Crippen molar-refractivity contribution < 1.29 is 36.8 Å². The Kier molecular flexibility index (Phi) is 7.04. The summed E-state index contributed by atoms with van der Waals surface area (Å²) < 4.78 is 47.7. The zero-order chi connectivity index (χ0) is 24.9. The number of ketones is 1. The molecule has 1 aromatic heterocycles. The van der Waals surface area contributed by atoms with E-state index in [1.54, 1.807) is 0 Å². The highest BCUT2D eigenvalue weighted by atomic mass is 19.4. The van der Waals surface area contributed by atoms with Crippen molar-refractivity contribution in [1.82, 2.24) is 10.2 Å². The number of nitrogens with zero attached hydrogens (tertiary/aromatic N) is 3. The Morgan fingerprint density at radius 3 is 2.47 bits per heavy atom. The van der Waals surface area contributed by atoms with Gasteiger partial charge in [0.1, 0.15) is 0 Å². The SMILES string of the molecule is CC(OC(=O)c1ccccc1N/C=C/C(=O)C(F)(F)F)c1nnc(-c2ccc([N+](=O)[O-])cc2)o1. The van der Waals surface area contributed by atoms with Gasteiger partial charge in [-0.15, -0.1) is 10.2 Å². The number of benzene rings is 2. The summed E-state index contributed by atoms with van der Waals surface area (Å²) in [6, 6.07) is 11.2. The summed E-state index contributed by atoms with van der Waals surface area (Å²) in [6.45, 7) is 1.46. The molecule has 1 atom stereocenters. The monoisotopic (exact) mass is 476 g/mol. The zero-order valence-electron chi connectivity index (χ0n) is 17.3. The average Bonchev–Trinajstić information content (AvgIpc) is 3.29. The highest BCUT2D eigenvalue weighted by Crippen LogP contribution is 2.26. The minimum absolute atomic E-state index is 0.0198. The van der Waals surface area contributed by atoms with Crippen molar-refractivity contribution >= 4 is 23.1 Å². The van der Waals surface area contributed by atoms with E-state index in [4.69, 9.17) is 9.15 Å². The number of carbonyl (C=O) groups excluding carboxylic acids is 2. The summed E-state index contributed by atoms with van der Waals surface area (Å²) in [4.78, 5) is 33.7. The lowest BCUT2D eigenvalue weighted by Gasteiger charge is -2.12. The summed E-state index contributed by atoms with van der Waals surface area (Å²) in [7, 11) is 0. The van der Waals surface area contributed by atoms with Gasteiger partial charge >= 0.3 is 12.1 Å². The van der Waals surface area contributed by atoms with Crippen LogP contribution in [0.1, 0.15) is 29.3 Å². The summed E-state index contributed by atoms with van der Waals surface area (Å²) in [5.74, 6) is -2.91. The number of anilines is 1. The first-order chi connectivity index (χ1) is 16.1. The number of rotatable bonds is 8. The van der Waals surface area contributed by atoms with E-state index < -0.39 is 29.0 Å². The standard InChI is InChI=1S/C21H15F3N4O6/c1-12(18-26-27-19(34-18)13-6-8-14(9-7-13)28(31)32)33-20(30)15-4-2-3-5-16(15)25-11-10-17(29)21(22,23)24/h2-12,25H,1H3/b11-10+. The number of nitro groups is 1. The maximum atomic E-state index is 12.6. The third-order valence-electron chi connectivity index (χ3n) is 4.30. The van der Waals surface area contributed by atoms with Crippen LogP contribution >= 0.6 is 0 Å². The lowest BCUT2D eigenvalue weighted by Crippen LogP contribution is -2.20. The van der Waals surface area contributed by atoms with E-state index in [0.29, 0.717) is 11.6 Å². The molecular formula is C21H15F3N4O6. The van der Waals surface area contributed by atoms with Crippen molar-refractivity contribution in [2.75, 3.05) is 5.32 Å². The van der Waals surface area contributed by atoms with Crippen molar-refractivity contribution in [3.63, 3.8) is 0 Å². The molecule has 3 aromatic rings. The number of non-ortho nitro benzene ring substituents is 1. The number of ether oxygens (including phenoxy) is 1. The van der Waals surface area contributed by atoms with E-state index in [2.05, 4.69) is 15.5 Å². The molecule has 0 saturated heterocycles. The van der Waals surface area contributed by atoms with Crippen LogP contribution in [-0.4, -0.2) is 33.0 Å². The summed E-state index contributed by atoms with van der Waals surface area (Å²) in [5.41, 5.74) is 0.380. The maximum Gasteiger partial charge on any atom is 0.454 e. The molecule has 3 rings (SSSR count). The number of hydrogen-bond acceptors (Lipinski definition) is 9. The predicted octanol–water partition coefficient (Wildman–Crippen LogP) is 4.62. The first-order valence-corrected chi connectivity index (χ1v) is 9.48. The number of nitrogens with one attached hydrogen (secondary N) is 1. The van der Waals surface area contributed by atoms with Crippen LogP contribution < -0.4 is 5.32 Å². The van der Waals surface area contributed by atoms with Crippen LogP contribution in [0.2, 0.25) is 0 Å². The fraction of sp³-hybridized carbons (Fsp3) is 0.143. The minimum atomic E-state index is -5.01. The van der Waals surface area contributed by atoms with Gasteiger partial charge in [0.05, 0.1) is 16.2 Å². The molecular weight excluding hydrogens is 461 g/mol. The number of para-hydroxylation sites is 1. The maximum absolute atomic E-state index is 12.6. The largest absolute Gasteiger partial charge is 0.454 e. The Bertz CT molecular complexity index is 1240. The molecule has 0 bridgehead atoms. The van der Waals surface area contributed by atoms with Crippen molar-refractivity contribution in [2.45, 2.75) is 19.2 Å². The van der Waals surface area contributed by atoms with Gasteiger partial charge in [0.25, 0.3) is 17.4 Å². The fourth-order valence-corrected chi connectivity index (χ4v) is 2.60. The van der Waals surface area contributed by atoms with Crippen LogP contribution in [0, 0.1) is 10.1 Å². The third-order valence-corrected chi connectivity index (χ3v) is 4.30. The van der Waals surface area contributed by atoms with Gasteiger partial charge in [0.2, 0.25) is 5.89 Å². The van der Waals surface area contributed by atoms with Crippen LogP contribution in [0.4, 0.5) is 24.5 Å². The molecule has 0 fully saturated rings. The molecule has 176 valence electrons. The lowest BCUT2D eigenvalue weighted by atomic mass is 10.2. The normalized spacial score (nSPS) is 12.4. The smallest absolute Gasteiger partial charge is 0.449 e. The minimum Gasteiger partial charge on any atom is -0.449 e. The second-order valence-electron chi connectivity index (χ2n) is 6.68. The van der Waals surface area contributed by atoms with Gasteiger partial charge in [-0.05, 0) is 31.2 Å². The van der Waals surface area contributed by atoms with Gasteiger partial charge in [0.15, 0.2) is 6.10 Å². The molecule has 34 heavy (non-hydrogen) atoms. The van der Waals surface area contributed by atoms with Crippen molar-refractivity contribution in [1.29, 1.82) is 0 Å². The van der Waals surface area contributed by atoms with E-state index in [1.165, 1.54) is 55.5 Å². The number of halogens is 3. The highest BCUT2D eigenvalue weighted by Gasteiger charge is 2.36. The van der Waals surface area contributed by atoms with Gasteiger partial charge in [-0.3, -0.25) is 14.9 Å². The topological polar surface area (TPSA) is 137 Å². The number of esters is 1. The Labute approximate surface area is 189 Å².